The van der Waals surface area contributed by atoms with Gasteiger partial charge in [-0.2, -0.15) is 0 Å². The van der Waals surface area contributed by atoms with Crippen LogP contribution in [0.1, 0.15) is 40.0 Å². The molecule has 1 aliphatic rings. The van der Waals surface area contributed by atoms with Crippen LogP contribution in [-0.2, 0) is 13.0 Å². The summed E-state index contributed by atoms with van der Waals surface area (Å²) in [7, 11) is 0. The van der Waals surface area contributed by atoms with Crippen molar-refractivity contribution in [2.45, 2.75) is 39.7 Å². The highest BCUT2D eigenvalue weighted by molar-refractivity contribution is 6.30. The molecule has 2 aromatic heterocycles. The maximum absolute atomic E-state index is 13.9. The third kappa shape index (κ3) is 3.92. The van der Waals surface area contributed by atoms with Crippen molar-refractivity contribution in [3.8, 4) is 22.4 Å². The van der Waals surface area contributed by atoms with Gasteiger partial charge in [0.25, 0.3) is 5.91 Å². The Morgan fingerprint density at radius 3 is 2.17 bits per heavy atom. The molecule has 0 saturated heterocycles. The molecule has 3 aromatic carbocycles. The van der Waals surface area contributed by atoms with Crippen molar-refractivity contribution in [1.29, 1.82) is 0 Å². The summed E-state index contributed by atoms with van der Waals surface area (Å²) in [5.74, 6) is -0.113. The Labute approximate surface area is 216 Å². The zero-order valence-electron chi connectivity index (χ0n) is 20.5. The van der Waals surface area contributed by atoms with Crippen molar-refractivity contribution in [2.24, 2.45) is 0 Å². The molecule has 0 aliphatic carbocycles. The van der Waals surface area contributed by atoms with Gasteiger partial charge in [0.1, 0.15) is 11.3 Å². The zero-order valence-corrected chi connectivity index (χ0v) is 21.3. The van der Waals surface area contributed by atoms with Crippen LogP contribution in [-0.4, -0.2) is 14.9 Å². The summed E-state index contributed by atoms with van der Waals surface area (Å²) >= 11 is 6.23. The van der Waals surface area contributed by atoms with Crippen molar-refractivity contribution in [1.82, 2.24) is 8.97 Å². The lowest BCUT2D eigenvalue weighted by atomic mass is 9.97. The van der Waals surface area contributed by atoms with Crippen LogP contribution in [0, 0.1) is 13.8 Å². The molecule has 0 spiro atoms. The van der Waals surface area contributed by atoms with E-state index in [2.05, 4.69) is 51.7 Å². The number of rotatable bonds is 4. The van der Waals surface area contributed by atoms with Gasteiger partial charge in [0.15, 0.2) is 0 Å². The van der Waals surface area contributed by atoms with E-state index in [1.54, 1.807) is 0 Å². The monoisotopic (exact) mass is 493 g/mol. The van der Waals surface area contributed by atoms with Gasteiger partial charge in [0.05, 0.1) is 5.69 Å². The molecule has 6 rings (SSSR count). The highest BCUT2D eigenvalue weighted by atomic mass is 35.5. The molecule has 0 saturated carbocycles. The highest BCUT2D eigenvalue weighted by Crippen LogP contribution is 2.40. The van der Waals surface area contributed by atoms with Gasteiger partial charge >= 0.3 is 0 Å². The molecule has 1 amide bonds. The van der Waals surface area contributed by atoms with Crippen molar-refractivity contribution in [2.75, 3.05) is 5.32 Å². The predicted octanol–water partition coefficient (Wildman–Crippen LogP) is 7.93. The number of amides is 1. The van der Waals surface area contributed by atoms with E-state index in [0.717, 1.165) is 65.1 Å². The molecule has 180 valence electrons. The van der Waals surface area contributed by atoms with Crippen molar-refractivity contribution >= 4 is 28.8 Å². The zero-order chi connectivity index (χ0) is 24.8. The standard InChI is InChI=1S/C31H28ClN3O/c1-20-6-10-22(11-7-20)27-19-35-29(30(36)33-25-16-8-21(2)9-17-25)28(23-12-14-24(32)15-13-23)26-5-3-4-18-34(27)31(26)35/h6-17,19H,3-5,18H2,1-2H3,(H,33,36). The van der Waals surface area contributed by atoms with Crippen LogP contribution in [0.2, 0.25) is 5.02 Å². The highest BCUT2D eigenvalue weighted by Gasteiger charge is 2.29. The first kappa shape index (κ1) is 22.7. The Morgan fingerprint density at radius 1 is 0.833 bits per heavy atom. The minimum Gasteiger partial charge on any atom is -0.325 e. The van der Waals surface area contributed by atoms with E-state index in [-0.39, 0.29) is 5.91 Å². The van der Waals surface area contributed by atoms with Crippen LogP contribution in [0.25, 0.3) is 28.0 Å². The topological polar surface area (TPSA) is 38.4 Å². The minimum atomic E-state index is -0.113. The first-order valence-corrected chi connectivity index (χ1v) is 12.8. The fourth-order valence-corrected chi connectivity index (χ4v) is 5.44. The first-order valence-electron chi connectivity index (χ1n) is 12.5. The summed E-state index contributed by atoms with van der Waals surface area (Å²) in [5.41, 5.74) is 10.5. The lowest BCUT2D eigenvalue weighted by Crippen LogP contribution is -2.15. The maximum Gasteiger partial charge on any atom is 0.273 e. The van der Waals surface area contributed by atoms with Crippen LogP contribution in [0.15, 0.2) is 79.0 Å². The summed E-state index contributed by atoms with van der Waals surface area (Å²) in [6.07, 6.45) is 5.24. The van der Waals surface area contributed by atoms with Crippen LogP contribution < -0.4 is 5.32 Å². The molecular formula is C31H28ClN3O. The number of halogens is 1. The lowest BCUT2D eigenvalue weighted by molar-refractivity contribution is 0.102. The summed E-state index contributed by atoms with van der Waals surface area (Å²) in [4.78, 5) is 13.9. The van der Waals surface area contributed by atoms with Gasteiger partial charge in [-0.15, -0.1) is 0 Å². The van der Waals surface area contributed by atoms with E-state index in [0.29, 0.717) is 10.7 Å². The number of hydrogen-bond donors (Lipinski definition) is 1. The van der Waals surface area contributed by atoms with Gasteiger partial charge in [0.2, 0.25) is 0 Å². The third-order valence-corrected chi connectivity index (χ3v) is 7.39. The molecule has 1 aliphatic heterocycles. The number of imidazole rings is 1. The molecule has 4 nitrogen and oxygen atoms in total. The van der Waals surface area contributed by atoms with E-state index in [9.17, 15) is 4.79 Å². The fourth-order valence-electron chi connectivity index (χ4n) is 5.32. The fraction of sp³-hybridized carbons (Fsp3) is 0.194. The number of hydrogen-bond acceptors (Lipinski definition) is 1. The van der Waals surface area contributed by atoms with Crippen molar-refractivity contribution < 1.29 is 4.79 Å². The second kappa shape index (κ2) is 9.03. The third-order valence-electron chi connectivity index (χ3n) is 7.14. The average molecular weight is 494 g/mol. The molecule has 0 radical (unpaired) electrons. The molecule has 0 bridgehead atoms. The second-order valence-corrected chi connectivity index (χ2v) is 10.1. The number of nitrogens with one attached hydrogen (secondary N) is 1. The molecule has 5 aromatic rings. The van der Waals surface area contributed by atoms with Crippen molar-refractivity contribution in [3.63, 3.8) is 0 Å². The normalized spacial score (nSPS) is 13.1. The SMILES string of the molecule is Cc1ccc(NC(=O)c2c(-c3ccc(Cl)cc3)c3c4n(c(-c5ccc(C)cc5)cn24)CCCC3)cc1. The molecule has 0 atom stereocenters. The van der Waals surface area contributed by atoms with Gasteiger partial charge in [-0.05, 0) is 68.5 Å². The van der Waals surface area contributed by atoms with Crippen LogP contribution in [0.4, 0.5) is 5.69 Å². The van der Waals surface area contributed by atoms with Crippen LogP contribution in [0.3, 0.4) is 0 Å². The van der Waals surface area contributed by atoms with Crippen molar-refractivity contribution in [3.05, 3.63) is 106 Å². The predicted molar refractivity (Wildman–Crippen MR) is 148 cm³/mol. The van der Waals surface area contributed by atoms with Gasteiger partial charge in [0, 0.05) is 34.6 Å². The Balaban J connectivity index is 1.60. The molecule has 3 heterocycles. The summed E-state index contributed by atoms with van der Waals surface area (Å²) < 4.78 is 4.51. The number of anilines is 1. The lowest BCUT2D eigenvalue weighted by Gasteiger charge is -2.11. The maximum atomic E-state index is 13.9. The summed E-state index contributed by atoms with van der Waals surface area (Å²) in [6, 6.07) is 24.4. The van der Waals surface area contributed by atoms with E-state index in [4.69, 9.17) is 11.6 Å². The van der Waals surface area contributed by atoms with Gasteiger partial charge in [-0.25, -0.2) is 0 Å². The number of carbonyl (C=O) groups is 1. The smallest absolute Gasteiger partial charge is 0.273 e. The molecule has 0 fully saturated rings. The van der Waals surface area contributed by atoms with E-state index < -0.39 is 0 Å². The minimum absolute atomic E-state index is 0.113. The largest absolute Gasteiger partial charge is 0.325 e. The quantitative estimate of drug-likeness (QED) is 0.271. The number of aryl methyl sites for hydroxylation is 4. The summed E-state index contributed by atoms with van der Waals surface area (Å²) in [5, 5.41) is 3.84. The van der Waals surface area contributed by atoms with E-state index in [1.807, 2.05) is 55.5 Å². The first-order chi connectivity index (χ1) is 17.5. The molecule has 0 unspecified atom stereocenters. The van der Waals surface area contributed by atoms with Crippen LogP contribution in [0.5, 0.6) is 0 Å². The Hall–Kier alpha value is -3.76. The number of carbonyl (C=O) groups excluding carboxylic acids is 1. The molecule has 5 heteroatoms. The molecule has 1 N–H and O–H groups in total. The molecular weight excluding hydrogens is 466 g/mol. The van der Waals surface area contributed by atoms with Crippen LogP contribution >= 0.6 is 11.6 Å². The van der Waals surface area contributed by atoms with E-state index >= 15 is 0 Å². The average Bonchev–Trinajstić information content (AvgIpc) is 3.29. The van der Waals surface area contributed by atoms with E-state index in [1.165, 1.54) is 11.1 Å². The Morgan fingerprint density at radius 2 is 1.47 bits per heavy atom. The molecule has 36 heavy (non-hydrogen) atoms. The van der Waals surface area contributed by atoms with Gasteiger partial charge in [-0.3, -0.25) is 9.20 Å². The number of nitrogens with zero attached hydrogens (tertiary/aromatic N) is 2. The summed E-state index contributed by atoms with van der Waals surface area (Å²) in [6.45, 7) is 5.07. The Kier molecular flexibility index (Phi) is 5.69. The van der Waals surface area contributed by atoms with Gasteiger partial charge in [-0.1, -0.05) is 71.3 Å². The number of benzene rings is 3. The Bertz CT molecular complexity index is 1570. The second-order valence-electron chi connectivity index (χ2n) is 9.71. The van der Waals surface area contributed by atoms with Gasteiger partial charge < -0.3 is 9.88 Å². The number of aromatic nitrogens is 2.